The molecule has 2 aliphatic rings. The Morgan fingerprint density at radius 2 is 1.95 bits per heavy atom. The maximum atomic E-state index is 14.2. The second kappa shape index (κ2) is 6.32. The Hall–Kier alpha value is -1.13. The highest BCUT2D eigenvalue weighted by molar-refractivity contribution is 5.56. The predicted molar refractivity (Wildman–Crippen MR) is 85.3 cm³/mol. The van der Waals surface area contributed by atoms with E-state index in [-0.39, 0.29) is 11.9 Å². The Labute approximate surface area is 127 Å². The Morgan fingerprint density at radius 3 is 2.57 bits per heavy atom. The third-order valence-electron chi connectivity index (χ3n) is 4.82. The zero-order chi connectivity index (χ0) is 14.8. The Morgan fingerprint density at radius 1 is 1.24 bits per heavy atom. The molecule has 0 spiro atoms. The summed E-state index contributed by atoms with van der Waals surface area (Å²) in [6.07, 6.45) is 2.82. The molecule has 116 valence electrons. The molecule has 4 heteroatoms. The van der Waals surface area contributed by atoms with Crippen molar-refractivity contribution in [1.82, 2.24) is 10.2 Å². The van der Waals surface area contributed by atoms with Gasteiger partial charge >= 0.3 is 0 Å². The summed E-state index contributed by atoms with van der Waals surface area (Å²) in [5.74, 6) is 0.848. The van der Waals surface area contributed by atoms with Crippen molar-refractivity contribution in [3.63, 3.8) is 0 Å². The lowest BCUT2D eigenvalue weighted by Gasteiger charge is -2.37. The second-order valence-electron chi connectivity index (χ2n) is 6.41. The van der Waals surface area contributed by atoms with Crippen molar-refractivity contribution in [2.24, 2.45) is 5.92 Å². The molecule has 1 atom stereocenters. The third kappa shape index (κ3) is 3.38. The largest absolute Gasteiger partial charge is 0.369 e. The number of piperazine rings is 1. The smallest absolute Gasteiger partial charge is 0.130 e. The summed E-state index contributed by atoms with van der Waals surface area (Å²) in [6, 6.07) is 5.48. The highest BCUT2D eigenvalue weighted by Crippen LogP contribution is 2.32. The summed E-state index contributed by atoms with van der Waals surface area (Å²) in [6.45, 7) is 7.47. The quantitative estimate of drug-likeness (QED) is 0.900. The molecule has 0 amide bonds. The molecule has 1 aromatic rings. The van der Waals surface area contributed by atoms with Crippen molar-refractivity contribution < 1.29 is 4.39 Å². The summed E-state index contributed by atoms with van der Waals surface area (Å²) in [5.41, 5.74) is 1.86. The summed E-state index contributed by atoms with van der Waals surface area (Å²) in [4.78, 5) is 4.91. The Balaban J connectivity index is 1.70. The van der Waals surface area contributed by atoms with Crippen molar-refractivity contribution in [3.8, 4) is 0 Å². The number of benzene rings is 1. The van der Waals surface area contributed by atoms with Gasteiger partial charge in [-0.05, 0) is 44.9 Å². The molecule has 0 bridgehead atoms. The molecule has 0 radical (unpaired) electrons. The minimum absolute atomic E-state index is 0.0330. The number of halogens is 1. The number of nitrogens with one attached hydrogen (secondary N) is 1. The summed E-state index contributed by atoms with van der Waals surface area (Å²) in [5, 5.41) is 3.17. The van der Waals surface area contributed by atoms with Crippen LogP contribution >= 0.6 is 0 Å². The molecule has 1 heterocycles. The molecular weight excluding hydrogens is 265 g/mol. The van der Waals surface area contributed by atoms with Gasteiger partial charge in [-0.3, -0.25) is 4.90 Å². The van der Waals surface area contributed by atoms with E-state index >= 15 is 0 Å². The number of nitrogens with zero attached hydrogens (tertiary/aromatic N) is 2. The van der Waals surface area contributed by atoms with E-state index in [2.05, 4.69) is 21.2 Å². The lowest BCUT2D eigenvalue weighted by molar-refractivity contribution is 0.248. The van der Waals surface area contributed by atoms with Gasteiger partial charge in [0.05, 0.1) is 0 Å². The van der Waals surface area contributed by atoms with Gasteiger partial charge in [-0.2, -0.15) is 0 Å². The van der Waals surface area contributed by atoms with E-state index in [9.17, 15) is 4.39 Å². The SMILES string of the molecule is CNC(C)c1c(F)cccc1N1CCN(CC2CC2)CC1. The van der Waals surface area contributed by atoms with Gasteiger partial charge in [0.25, 0.3) is 0 Å². The van der Waals surface area contributed by atoms with E-state index in [1.165, 1.54) is 19.4 Å². The van der Waals surface area contributed by atoms with Crippen molar-refractivity contribution >= 4 is 5.69 Å². The molecule has 1 saturated carbocycles. The number of rotatable bonds is 5. The molecule has 3 nitrogen and oxygen atoms in total. The van der Waals surface area contributed by atoms with Crippen LogP contribution in [-0.2, 0) is 0 Å². The molecular formula is C17H26FN3. The van der Waals surface area contributed by atoms with Gasteiger partial charge in [-0.25, -0.2) is 4.39 Å². The van der Waals surface area contributed by atoms with Crippen LogP contribution in [0, 0.1) is 11.7 Å². The monoisotopic (exact) mass is 291 g/mol. The average Bonchev–Trinajstić information content (AvgIpc) is 3.31. The first-order chi connectivity index (χ1) is 10.2. The minimum atomic E-state index is -0.102. The highest BCUT2D eigenvalue weighted by atomic mass is 19.1. The molecule has 21 heavy (non-hydrogen) atoms. The first-order valence-electron chi connectivity index (χ1n) is 8.12. The lowest BCUT2D eigenvalue weighted by atomic mass is 10.0. The number of anilines is 1. The zero-order valence-electron chi connectivity index (χ0n) is 13.1. The summed E-state index contributed by atoms with van der Waals surface area (Å²) in [7, 11) is 1.88. The first-order valence-corrected chi connectivity index (χ1v) is 8.12. The van der Waals surface area contributed by atoms with E-state index in [1.807, 2.05) is 20.0 Å². The van der Waals surface area contributed by atoms with E-state index in [4.69, 9.17) is 0 Å². The number of hydrogen-bond donors (Lipinski definition) is 1. The second-order valence-corrected chi connectivity index (χ2v) is 6.41. The Bertz CT molecular complexity index is 479. The van der Waals surface area contributed by atoms with Gasteiger partial charge in [0, 0.05) is 50.0 Å². The fraction of sp³-hybridized carbons (Fsp3) is 0.647. The number of hydrogen-bond acceptors (Lipinski definition) is 3. The molecule has 3 rings (SSSR count). The Kier molecular flexibility index (Phi) is 4.45. The summed E-state index contributed by atoms with van der Waals surface area (Å²) < 4.78 is 14.2. The van der Waals surface area contributed by atoms with E-state index in [0.717, 1.165) is 43.3 Å². The summed E-state index contributed by atoms with van der Waals surface area (Å²) >= 11 is 0. The van der Waals surface area contributed by atoms with E-state index in [1.54, 1.807) is 6.07 Å². The van der Waals surface area contributed by atoms with Crippen LogP contribution in [0.2, 0.25) is 0 Å². The molecule has 1 aliphatic heterocycles. The predicted octanol–water partition coefficient (Wildman–Crippen LogP) is 2.64. The van der Waals surface area contributed by atoms with Crippen molar-refractivity contribution in [2.75, 3.05) is 44.7 Å². The van der Waals surface area contributed by atoms with E-state index < -0.39 is 0 Å². The van der Waals surface area contributed by atoms with Crippen LogP contribution in [0.25, 0.3) is 0 Å². The molecule has 1 aliphatic carbocycles. The van der Waals surface area contributed by atoms with Crippen LogP contribution < -0.4 is 10.2 Å². The van der Waals surface area contributed by atoms with Crippen LogP contribution in [0.15, 0.2) is 18.2 Å². The highest BCUT2D eigenvalue weighted by Gasteiger charge is 2.27. The minimum Gasteiger partial charge on any atom is -0.369 e. The van der Waals surface area contributed by atoms with Crippen LogP contribution in [0.4, 0.5) is 10.1 Å². The fourth-order valence-electron chi connectivity index (χ4n) is 3.21. The van der Waals surface area contributed by atoms with Crippen LogP contribution in [-0.4, -0.2) is 44.7 Å². The molecule has 1 N–H and O–H groups in total. The lowest BCUT2D eigenvalue weighted by Crippen LogP contribution is -2.47. The van der Waals surface area contributed by atoms with Crippen LogP contribution in [0.3, 0.4) is 0 Å². The molecule has 1 saturated heterocycles. The van der Waals surface area contributed by atoms with Crippen molar-refractivity contribution in [2.45, 2.75) is 25.8 Å². The van der Waals surface area contributed by atoms with Crippen LogP contribution in [0.1, 0.15) is 31.4 Å². The van der Waals surface area contributed by atoms with Crippen LogP contribution in [0.5, 0.6) is 0 Å². The van der Waals surface area contributed by atoms with Crippen molar-refractivity contribution in [3.05, 3.63) is 29.6 Å². The maximum absolute atomic E-state index is 14.2. The van der Waals surface area contributed by atoms with Gasteiger partial charge in [0.1, 0.15) is 5.82 Å². The van der Waals surface area contributed by atoms with Gasteiger partial charge < -0.3 is 10.2 Å². The first kappa shape index (κ1) is 14.8. The maximum Gasteiger partial charge on any atom is 0.130 e. The average molecular weight is 291 g/mol. The normalized spacial score (nSPS) is 21.6. The zero-order valence-corrected chi connectivity index (χ0v) is 13.1. The van der Waals surface area contributed by atoms with Gasteiger partial charge in [0.15, 0.2) is 0 Å². The van der Waals surface area contributed by atoms with Gasteiger partial charge in [0.2, 0.25) is 0 Å². The van der Waals surface area contributed by atoms with Gasteiger partial charge in [-0.1, -0.05) is 6.07 Å². The fourth-order valence-corrected chi connectivity index (χ4v) is 3.21. The molecule has 1 unspecified atom stereocenters. The van der Waals surface area contributed by atoms with Crippen molar-refractivity contribution in [1.29, 1.82) is 0 Å². The third-order valence-corrected chi connectivity index (χ3v) is 4.82. The molecule has 2 fully saturated rings. The topological polar surface area (TPSA) is 18.5 Å². The molecule has 1 aromatic carbocycles. The standard InChI is InChI=1S/C17H26FN3/c1-13(19-2)17-15(18)4-3-5-16(17)21-10-8-20(9-11-21)12-14-6-7-14/h3-5,13-14,19H,6-12H2,1-2H3. The van der Waals surface area contributed by atoms with Gasteiger partial charge in [-0.15, -0.1) is 0 Å². The van der Waals surface area contributed by atoms with E-state index in [0.29, 0.717) is 0 Å². The molecule has 0 aromatic heterocycles.